The largest absolute Gasteiger partial charge is 0.483 e. The van der Waals surface area contributed by atoms with Crippen molar-refractivity contribution in [1.82, 2.24) is 34.3 Å². The number of imidazole rings is 1. The molecule has 13 heteroatoms. The highest BCUT2D eigenvalue weighted by molar-refractivity contribution is 5.99. The van der Waals surface area contributed by atoms with Crippen molar-refractivity contribution < 1.29 is 14.7 Å². The summed E-state index contributed by atoms with van der Waals surface area (Å²) in [6.45, 7) is 6.09. The fraction of sp³-hybridized carbons (Fsp3) is 0.333. The van der Waals surface area contributed by atoms with Crippen LogP contribution in [-0.2, 0) is 18.4 Å². The van der Waals surface area contributed by atoms with Gasteiger partial charge in [-0.1, -0.05) is 12.1 Å². The molecule has 1 fully saturated rings. The molecule has 1 saturated heterocycles. The standard InChI is InChI=1S/C26H32N10O.CH2O2/c1-16-13-36(10-9-34(16)3)14-17-5-7-18(8-6-17)31-26-23(24(27)37)32-22(25(28-2)33-26)19-11-29-12-20-21(19)30-15-35(20)4;2-1-3/h5-8,11-12,15-16H,9-10,13-14H2,1-4H3,(H2,27,37)(H2,28,31,33);1H,(H,2,3)/t16-;/m1./s1. The van der Waals surface area contributed by atoms with Gasteiger partial charge in [0.05, 0.1) is 23.6 Å². The third-order valence-electron chi connectivity index (χ3n) is 6.93. The van der Waals surface area contributed by atoms with Crippen LogP contribution in [0.15, 0.2) is 43.0 Å². The van der Waals surface area contributed by atoms with Crippen LogP contribution in [0.2, 0.25) is 0 Å². The molecule has 1 amide bonds. The van der Waals surface area contributed by atoms with Crippen molar-refractivity contribution in [2.24, 2.45) is 12.8 Å². The minimum absolute atomic E-state index is 0.0393. The lowest BCUT2D eigenvalue weighted by atomic mass is 10.1. The number of likely N-dealkylation sites (N-methyl/N-ethyl adjacent to an activating group) is 1. The summed E-state index contributed by atoms with van der Waals surface area (Å²) < 4.78 is 1.87. The van der Waals surface area contributed by atoms with Gasteiger partial charge in [-0.15, -0.1) is 0 Å². The number of aryl methyl sites for hydroxylation is 1. The van der Waals surface area contributed by atoms with Crippen LogP contribution in [0.3, 0.4) is 0 Å². The summed E-state index contributed by atoms with van der Waals surface area (Å²) in [4.78, 5) is 43.7. The maximum atomic E-state index is 12.4. The van der Waals surface area contributed by atoms with Crippen molar-refractivity contribution in [3.05, 3.63) is 54.2 Å². The number of hydrogen-bond donors (Lipinski definition) is 4. The average Bonchev–Trinajstić information content (AvgIpc) is 3.33. The normalized spacial score (nSPS) is 15.8. The Morgan fingerprint density at radius 2 is 1.88 bits per heavy atom. The Morgan fingerprint density at radius 3 is 2.52 bits per heavy atom. The van der Waals surface area contributed by atoms with Crippen LogP contribution in [0.1, 0.15) is 23.0 Å². The fourth-order valence-corrected chi connectivity index (χ4v) is 4.63. The van der Waals surface area contributed by atoms with Crippen molar-refractivity contribution in [3.8, 4) is 11.3 Å². The van der Waals surface area contributed by atoms with Crippen molar-refractivity contribution in [2.45, 2.75) is 19.5 Å². The van der Waals surface area contributed by atoms with Crippen LogP contribution >= 0.6 is 0 Å². The number of aromatic nitrogens is 5. The van der Waals surface area contributed by atoms with E-state index in [1.54, 1.807) is 25.8 Å². The summed E-state index contributed by atoms with van der Waals surface area (Å²) >= 11 is 0. The molecule has 5 N–H and O–H groups in total. The number of carbonyl (C=O) groups excluding carboxylic acids is 1. The van der Waals surface area contributed by atoms with E-state index in [4.69, 9.17) is 15.6 Å². The topological polar surface area (TPSA) is 167 Å². The van der Waals surface area contributed by atoms with Gasteiger partial charge in [-0.3, -0.25) is 19.5 Å². The Bertz CT molecular complexity index is 1490. The fourth-order valence-electron chi connectivity index (χ4n) is 4.63. The van der Waals surface area contributed by atoms with Crippen molar-refractivity contribution in [3.63, 3.8) is 0 Å². The van der Waals surface area contributed by atoms with Crippen LogP contribution < -0.4 is 16.4 Å². The summed E-state index contributed by atoms with van der Waals surface area (Å²) in [5, 5.41) is 13.2. The second-order valence-corrected chi connectivity index (χ2v) is 9.63. The van der Waals surface area contributed by atoms with E-state index in [0.717, 1.165) is 37.4 Å². The van der Waals surface area contributed by atoms with Gasteiger partial charge in [0.2, 0.25) is 0 Å². The van der Waals surface area contributed by atoms with E-state index in [1.165, 1.54) is 5.56 Å². The van der Waals surface area contributed by atoms with Gasteiger partial charge >= 0.3 is 0 Å². The van der Waals surface area contributed by atoms with E-state index in [1.807, 2.05) is 23.7 Å². The zero-order chi connectivity index (χ0) is 28.8. The highest BCUT2D eigenvalue weighted by atomic mass is 16.3. The van der Waals surface area contributed by atoms with Gasteiger partial charge in [0.25, 0.3) is 12.4 Å². The molecule has 1 aromatic carbocycles. The Morgan fingerprint density at radius 1 is 1.15 bits per heavy atom. The molecule has 0 saturated carbocycles. The van der Waals surface area contributed by atoms with Crippen LogP contribution in [0.4, 0.5) is 17.3 Å². The first-order chi connectivity index (χ1) is 19.2. The number of fused-ring (bicyclic) bond motifs is 1. The Hall–Kier alpha value is -4.62. The first-order valence-electron chi connectivity index (χ1n) is 12.8. The Labute approximate surface area is 232 Å². The number of benzene rings is 1. The quantitative estimate of drug-likeness (QED) is 0.251. The van der Waals surface area contributed by atoms with Crippen LogP contribution in [-0.4, -0.2) is 91.6 Å². The van der Waals surface area contributed by atoms with E-state index < -0.39 is 5.91 Å². The number of nitrogens with two attached hydrogens (primary N) is 1. The summed E-state index contributed by atoms with van der Waals surface area (Å²) in [6, 6.07) is 8.68. The van der Waals surface area contributed by atoms with Gasteiger partial charge in [0, 0.05) is 58.2 Å². The molecular formula is C27H34N10O3. The number of pyridine rings is 1. The minimum Gasteiger partial charge on any atom is -0.483 e. The third kappa shape index (κ3) is 6.16. The number of hydrogen-bond acceptors (Lipinski definition) is 10. The Kier molecular flexibility index (Phi) is 8.86. The monoisotopic (exact) mass is 546 g/mol. The molecule has 1 aliphatic rings. The molecular weight excluding hydrogens is 512 g/mol. The maximum Gasteiger partial charge on any atom is 0.290 e. The SMILES string of the molecule is CNc1nc(Nc2ccc(CN3CCN(C)[C@H](C)C3)cc2)c(C(N)=O)nc1-c1cncc2c1ncn2C.O=CO. The number of rotatable bonds is 7. The lowest BCUT2D eigenvalue weighted by Gasteiger charge is -2.37. The number of nitrogens with one attached hydrogen (secondary N) is 2. The van der Waals surface area contributed by atoms with E-state index >= 15 is 0 Å². The van der Waals surface area contributed by atoms with Crippen LogP contribution in [0.5, 0.6) is 0 Å². The molecule has 210 valence electrons. The van der Waals surface area contributed by atoms with Crippen molar-refractivity contribution in [2.75, 3.05) is 44.4 Å². The molecule has 0 unspecified atom stereocenters. The minimum atomic E-state index is -0.680. The number of amides is 1. The maximum absolute atomic E-state index is 12.4. The lowest BCUT2D eigenvalue weighted by molar-refractivity contribution is -0.122. The zero-order valence-corrected chi connectivity index (χ0v) is 23.0. The molecule has 3 aromatic heterocycles. The first kappa shape index (κ1) is 28.4. The molecule has 40 heavy (non-hydrogen) atoms. The van der Waals surface area contributed by atoms with E-state index in [0.29, 0.717) is 28.6 Å². The summed E-state index contributed by atoms with van der Waals surface area (Å²) in [6.07, 6.45) is 5.11. The van der Waals surface area contributed by atoms with Gasteiger partial charge in [-0.2, -0.15) is 0 Å². The van der Waals surface area contributed by atoms with Crippen molar-refractivity contribution in [1.29, 1.82) is 0 Å². The van der Waals surface area contributed by atoms with E-state index in [9.17, 15) is 4.79 Å². The summed E-state index contributed by atoms with van der Waals surface area (Å²) in [7, 11) is 5.82. The molecule has 4 heterocycles. The first-order valence-corrected chi connectivity index (χ1v) is 12.8. The highest BCUT2D eigenvalue weighted by Crippen LogP contribution is 2.32. The second-order valence-electron chi connectivity index (χ2n) is 9.63. The molecule has 0 bridgehead atoms. The molecule has 5 rings (SSSR count). The molecule has 0 aliphatic carbocycles. The second kappa shape index (κ2) is 12.5. The molecule has 0 radical (unpaired) electrons. The van der Waals surface area contributed by atoms with Gasteiger partial charge < -0.3 is 30.9 Å². The number of piperazine rings is 1. The van der Waals surface area contributed by atoms with E-state index in [-0.39, 0.29) is 18.0 Å². The lowest BCUT2D eigenvalue weighted by Crippen LogP contribution is -2.49. The molecule has 0 spiro atoms. The molecule has 1 atom stereocenters. The van der Waals surface area contributed by atoms with Crippen LogP contribution in [0.25, 0.3) is 22.3 Å². The average molecular weight is 547 g/mol. The predicted octanol–water partition coefficient (Wildman–Crippen LogP) is 2.15. The number of carbonyl (C=O) groups is 2. The van der Waals surface area contributed by atoms with Gasteiger partial charge in [-0.05, 0) is 31.7 Å². The highest BCUT2D eigenvalue weighted by Gasteiger charge is 2.22. The van der Waals surface area contributed by atoms with Gasteiger partial charge in [0.1, 0.15) is 11.2 Å². The van der Waals surface area contributed by atoms with Crippen LogP contribution in [0, 0.1) is 0 Å². The van der Waals surface area contributed by atoms with Crippen molar-refractivity contribution >= 4 is 40.7 Å². The summed E-state index contributed by atoms with van der Waals surface area (Å²) in [5.74, 6) is 0.0801. The summed E-state index contributed by atoms with van der Waals surface area (Å²) in [5.41, 5.74) is 10.4. The number of primary amides is 1. The zero-order valence-electron chi connectivity index (χ0n) is 23.0. The molecule has 1 aliphatic heterocycles. The molecule has 4 aromatic rings. The third-order valence-corrected chi connectivity index (χ3v) is 6.93. The number of anilines is 3. The number of nitrogens with zero attached hydrogens (tertiary/aromatic N) is 7. The Balaban J connectivity index is 0.00000118. The smallest absolute Gasteiger partial charge is 0.290 e. The van der Waals surface area contributed by atoms with Gasteiger partial charge in [-0.25, -0.2) is 15.0 Å². The molecule has 13 nitrogen and oxygen atoms in total. The van der Waals surface area contributed by atoms with E-state index in [2.05, 4.69) is 66.5 Å². The van der Waals surface area contributed by atoms with Gasteiger partial charge in [0.15, 0.2) is 17.3 Å². The number of carboxylic acid groups (broad SMARTS) is 1. The predicted molar refractivity (Wildman–Crippen MR) is 153 cm³/mol.